The second-order valence-electron chi connectivity index (χ2n) is 8.80. The summed E-state index contributed by atoms with van der Waals surface area (Å²) in [6.07, 6.45) is 1.20. The Balaban J connectivity index is 1.91. The molecule has 0 saturated heterocycles. The third kappa shape index (κ3) is 5.81. The number of para-hydroxylation sites is 1. The molecule has 1 unspecified atom stereocenters. The van der Waals surface area contributed by atoms with E-state index in [4.69, 9.17) is 14.5 Å². The summed E-state index contributed by atoms with van der Waals surface area (Å²) in [5.41, 5.74) is 1.63. The molecule has 0 N–H and O–H groups in total. The molecule has 1 heterocycles. The Bertz CT molecular complexity index is 1450. The zero-order valence-electron chi connectivity index (χ0n) is 21.9. The smallest absolute Gasteiger partial charge is 0.266 e. The molecule has 8 heteroatoms. The van der Waals surface area contributed by atoms with Crippen LogP contribution in [-0.4, -0.2) is 47.2 Å². The van der Waals surface area contributed by atoms with E-state index < -0.39 is 6.04 Å². The van der Waals surface area contributed by atoms with Gasteiger partial charge in [-0.25, -0.2) is 4.98 Å². The van der Waals surface area contributed by atoms with E-state index in [0.29, 0.717) is 65.1 Å². The molecule has 0 aliphatic rings. The van der Waals surface area contributed by atoms with Gasteiger partial charge >= 0.3 is 0 Å². The van der Waals surface area contributed by atoms with Crippen molar-refractivity contribution in [3.63, 3.8) is 0 Å². The highest BCUT2D eigenvalue weighted by Gasteiger charge is 2.30. The van der Waals surface area contributed by atoms with E-state index in [1.165, 1.54) is 0 Å². The maximum absolute atomic E-state index is 14.0. The van der Waals surface area contributed by atoms with Crippen molar-refractivity contribution in [1.29, 1.82) is 0 Å². The summed E-state index contributed by atoms with van der Waals surface area (Å²) in [4.78, 5) is 34.7. The maximum Gasteiger partial charge on any atom is 0.266 e. The van der Waals surface area contributed by atoms with Crippen LogP contribution in [0.1, 0.15) is 48.9 Å². The standard InChI is InChI=1S/C30H32BrN3O4/c1-4-27(33(19-10-20-37-3)29(35)23-11-6-8-13-25(23)31)28-32-26-14-9-7-12-24(26)30(36)34(28)21-15-17-22(18-16-21)38-5-2/h6-9,11-18,27H,4-5,10,19-20H2,1-3H3. The molecule has 1 atom stereocenters. The van der Waals surface area contributed by atoms with Crippen molar-refractivity contribution in [2.75, 3.05) is 26.9 Å². The minimum Gasteiger partial charge on any atom is -0.494 e. The zero-order valence-corrected chi connectivity index (χ0v) is 23.5. The predicted molar refractivity (Wildman–Crippen MR) is 153 cm³/mol. The first-order valence-electron chi connectivity index (χ1n) is 12.8. The number of aromatic nitrogens is 2. The number of nitrogens with zero attached hydrogens (tertiary/aromatic N) is 3. The van der Waals surface area contributed by atoms with E-state index in [-0.39, 0.29) is 11.5 Å². The molecule has 38 heavy (non-hydrogen) atoms. The number of ether oxygens (including phenoxy) is 2. The quantitative estimate of drug-likeness (QED) is 0.199. The van der Waals surface area contributed by atoms with Crippen LogP contribution in [0.25, 0.3) is 16.6 Å². The molecule has 0 aliphatic heterocycles. The Kier molecular flexibility index (Phi) is 9.31. The fourth-order valence-corrected chi connectivity index (χ4v) is 5.05. The van der Waals surface area contributed by atoms with Gasteiger partial charge in [0, 0.05) is 24.7 Å². The van der Waals surface area contributed by atoms with Gasteiger partial charge in [-0.1, -0.05) is 31.2 Å². The second-order valence-corrected chi connectivity index (χ2v) is 9.66. The molecule has 1 amide bonds. The van der Waals surface area contributed by atoms with Crippen LogP contribution in [-0.2, 0) is 4.74 Å². The van der Waals surface area contributed by atoms with Crippen LogP contribution in [0.5, 0.6) is 5.75 Å². The lowest BCUT2D eigenvalue weighted by molar-refractivity contribution is 0.0633. The van der Waals surface area contributed by atoms with Gasteiger partial charge in [0.15, 0.2) is 0 Å². The van der Waals surface area contributed by atoms with Crippen molar-refractivity contribution in [3.8, 4) is 11.4 Å². The third-order valence-corrected chi connectivity index (χ3v) is 7.07. The lowest BCUT2D eigenvalue weighted by Gasteiger charge is -2.33. The van der Waals surface area contributed by atoms with Crippen molar-refractivity contribution < 1.29 is 14.3 Å². The summed E-state index contributed by atoms with van der Waals surface area (Å²) < 4.78 is 13.2. The van der Waals surface area contributed by atoms with E-state index in [2.05, 4.69) is 15.9 Å². The summed E-state index contributed by atoms with van der Waals surface area (Å²) in [7, 11) is 1.64. The molecular formula is C30H32BrN3O4. The predicted octanol–water partition coefficient (Wildman–Crippen LogP) is 6.18. The van der Waals surface area contributed by atoms with Gasteiger partial charge in [0.05, 0.1) is 34.8 Å². The zero-order chi connectivity index (χ0) is 27.1. The topological polar surface area (TPSA) is 73.7 Å². The summed E-state index contributed by atoms with van der Waals surface area (Å²) >= 11 is 3.53. The minimum atomic E-state index is -0.463. The average Bonchev–Trinajstić information content (AvgIpc) is 2.93. The van der Waals surface area contributed by atoms with Gasteiger partial charge in [-0.05, 0) is 84.2 Å². The second kappa shape index (κ2) is 12.8. The number of halogens is 1. The number of carbonyl (C=O) groups excluding carboxylic acids is 1. The van der Waals surface area contributed by atoms with E-state index in [1.54, 1.807) is 28.7 Å². The molecule has 198 valence electrons. The fourth-order valence-electron chi connectivity index (χ4n) is 4.59. The maximum atomic E-state index is 14.0. The molecule has 0 radical (unpaired) electrons. The van der Waals surface area contributed by atoms with Crippen molar-refractivity contribution in [1.82, 2.24) is 14.5 Å². The highest BCUT2D eigenvalue weighted by Crippen LogP contribution is 2.30. The van der Waals surface area contributed by atoms with Crippen LogP contribution in [0.15, 0.2) is 82.1 Å². The van der Waals surface area contributed by atoms with Gasteiger partial charge in [0.1, 0.15) is 11.6 Å². The minimum absolute atomic E-state index is 0.138. The number of methoxy groups -OCH3 is 1. The fraction of sp³-hybridized carbons (Fsp3) is 0.300. The van der Waals surface area contributed by atoms with Gasteiger partial charge in [-0.3, -0.25) is 14.2 Å². The lowest BCUT2D eigenvalue weighted by Crippen LogP contribution is -2.39. The van der Waals surface area contributed by atoms with Gasteiger partial charge < -0.3 is 14.4 Å². The van der Waals surface area contributed by atoms with Crippen LogP contribution in [0.2, 0.25) is 0 Å². The summed E-state index contributed by atoms with van der Waals surface area (Å²) in [5, 5.41) is 0.517. The van der Waals surface area contributed by atoms with Crippen molar-refractivity contribution in [2.45, 2.75) is 32.7 Å². The third-order valence-electron chi connectivity index (χ3n) is 6.38. The van der Waals surface area contributed by atoms with Crippen molar-refractivity contribution >= 4 is 32.7 Å². The Hall–Kier alpha value is -3.49. The van der Waals surface area contributed by atoms with E-state index >= 15 is 0 Å². The largest absolute Gasteiger partial charge is 0.494 e. The van der Waals surface area contributed by atoms with E-state index in [1.807, 2.05) is 74.5 Å². The molecule has 4 rings (SSSR count). The van der Waals surface area contributed by atoms with Crippen molar-refractivity contribution in [3.05, 3.63) is 99.0 Å². The highest BCUT2D eigenvalue weighted by molar-refractivity contribution is 9.10. The van der Waals surface area contributed by atoms with Gasteiger partial charge in [0.2, 0.25) is 0 Å². The first-order chi connectivity index (χ1) is 18.5. The summed E-state index contributed by atoms with van der Waals surface area (Å²) in [6.45, 7) is 5.43. The Morgan fingerprint density at radius 1 is 1.03 bits per heavy atom. The molecule has 0 fully saturated rings. The first-order valence-corrected chi connectivity index (χ1v) is 13.6. The van der Waals surface area contributed by atoms with Crippen LogP contribution >= 0.6 is 15.9 Å². The first kappa shape index (κ1) is 27.5. The van der Waals surface area contributed by atoms with Crippen LogP contribution in [0.3, 0.4) is 0 Å². The molecule has 0 spiro atoms. The molecule has 4 aromatic rings. The highest BCUT2D eigenvalue weighted by atomic mass is 79.9. The number of rotatable bonds is 11. The molecule has 0 bridgehead atoms. The van der Waals surface area contributed by atoms with E-state index in [0.717, 1.165) is 5.75 Å². The Morgan fingerprint density at radius 3 is 2.42 bits per heavy atom. The van der Waals surface area contributed by atoms with E-state index in [9.17, 15) is 9.59 Å². The molecule has 1 aromatic heterocycles. The number of hydrogen-bond donors (Lipinski definition) is 0. The SMILES string of the molecule is CCOc1ccc(-n2c(C(CC)N(CCCOC)C(=O)c3ccccc3Br)nc3ccccc3c2=O)cc1. The van der Waals surface area contributed by atoms with Gasteiger partial charge in [-0.2, -0.15) is 0 Å². The monoisotopic (exact) mass is 577 g/mol. The number of benzene rings is 3. The van der Waals surface area contributed by atoms with Crippen LogP contribution < -0.4 is 10.3 Å². The number of amides is 1. The average molecular weight is 579 g/mol. The summed E-state index contributed by atoms with van der Waals surface area (Å²) in [5.74, 6) is 1.09. The van der Waals surface area contributed by atoms with Crippen LogP contribution in [0.4, 0.5) is 0 Å². The molecular weight excluding hydrogens is 546 g/mol. The number of hydrogen-bond acceptors (Lipinski definition) is 5. The molecule has 0 saturated carbocycles. The van der Waals surface area contributed by atoms with Crippen LogP contribution in [0, 0.1) is 0 Å². The van der Waals surface area contributed by atoms with Crippen molar-refractivity contribution in [2.24, 2.45) is 0 Å². The number of carbonyl (C=O) groups is 1. The normalized spacial score (nSPS) is 11.9. The Labute approximate surface area is 231 Å². The Morgan fingerprint density at radius 2 is 1.74 bits per heavy atom. The lowest BCUT2D eigenvalue weighted by atomic mass is 10.1. The molecule has 7 nitrogen and oxygen atoms in total. The number of fused-ring (bicyclic) bond motifs is 1. The van der Waals surface area contributed by atoms with Gasteiger partial charge in [0.25, 0.3) is 11.5 Å². The van der Waals surface area contributed by atoms with Gasteiger partial charge in [-0.15, -0.1) is 0 Å². The molecule has 0 aliphatic carbocycles. The summed E-state index contributed by atoms with van der Waals surface area (Å²) in [6, 6.07) is 21.6. The molecule has 3 aromatic carbocycles.